The molecule has 62 heavy (non-hydrogen) atoms. The molecule has 5 aromatic rings. The van der Waals surface area contributed by atoms with Gasteiger partial charge in [-0.15, -0.1) is 0 Å². The van der Waals surface area contributed by atoms with Crippen LogP contribution in [0.25, 0.3) is 11.3 Å². The number of amides is 3. The number of ether oxygens (including phenoxy) is 4. The van der Waals surface area contributed by atoms with E-state index in [4.69, 9.17) is 23.9 Å². The number of nitrogens with zero attached hydrogens (tertiary/aromatic N) is 3. The highest BCUT2D eigenvalue weighted by Gasteiger charge is 2.23. The van der Waals surface area contributed by atoms with Crippen LogP contribution in [0.1, 0.15) is 87.0 Å². The molecule has 6 rings (SSSR count). The van der Waals surface area contributed by atoms with Crippen molar-refractivity contribution in [2.24, 2.45) is 0 Å². The lowest BCUT2D eigenvalue weighted by Gasteiger charge is -2.26. The van der Waals surface area contributed by atoms with Crippen molar-refractivity contribution in [3.63, 3.8) is 0 Å². The Hall–Kier alpha value is -5.93. The van der Waals surface area contributed by atoms with Crippen molar-refractivity contribution in [2.75, 3.05) is 82.7 Å². The second kappa shape index (κ2) is 24.5. The number of hydrogen-bond acceptors (Lipinski definition) is 10. The number of aryl methyl sites for hydroxylation is 2. The van der Waals surface area contributed by atoms with E-state index in [1.165, 1.54) is 17.3 Å². The van der Waals surface area contributed by atoms with Gasteiger partial charge in [0.15, 0.2) is 0 Å². The number of pyridine rings is 1. The predicted octanol–water partition coefficient (Wildman–Crippen LogP) is 6.81. The van der Waals surface area contributed by atoms with E-state index >= 15 is 0 Å². The van der Waals surface area contributed by atoms with Gasteiger partial charge in [0.2, 0.25) is 0 Å². The molecule has 14 nitrogen and oxygen atoms in total. The SMILES string of the molecule is CCN(CC)c1ccc(NC(=O)c2cccc(CCCOCCOCCOCCOCCNC(=O)c3ccn[nH]3)c2)c(-c2cc(C(=O)NC3CCCc4ccccc43)ccn2)c1. The van der Waals surface area contributed by atoms with Crippen LogP contribution >= 0.6 is 0 Å². The first-order valence-corrected chi connectivity index (χ1v) is 21.7. The monoisotopic (exact) mass is 845 g/mol. The van der Waals surface area contributed by atoms with Gasteiger partial charge in [0.1, 0.15) is 5.69 Å². The van der Waals surface area contributed by atoms with E-state index < -0.39 is 0 Å². The lowest BCUT2D eigenvalue weighted by atomic mass is 9.87. The molecule has 1 aliphatic carbocycles. The number of carbonyl (C=O) groups is 3. The number of anilines is 2. The van der Waals surface area contributed by atoms with Gasteiger partial charge in [0.25, 0.3) is 17.7 Å². The third-order valence-electron chi connectivity index (χ3n) is 10.7. The molecule has 1 atom stereocenters. The van der Waals surface area contributed by atoms with Gasteiger partial charge in [-0.25, -0.2) is 0 Å². The Bertz CT molecular complexity index is 2180. The van der Waals surface area contributed by atoms with Crippen molar-refractivity contribution < 1.29 is 33.3 Å². The van der Waals surface area contributed by atoms with E-state index in [1.54, 1.807) is 18.3 Å². The minimum absolute atomic E-state index is 0.0436. The molecule has 3 amide bonds. The molecule has 14 heteroatoms. The summed E-state index contributed by atoms with van der Waals surface area (Å²) in [5.41, 5.74) is 7.93. The fourth-order valence-electron chi connectivity index (χ4n) is 7.42. The number of carbonyl (C=O) groups excluding carboxylic acids is 3. The summed E-state index contributed by atoms with van der Waals surface area (Å²) in [5, 5.41) is 15.5. The molecule has 0 fully saturated rings. The van der Waals surface area contributed by atoms with Gasteiger partial charge in [-0.05, 0) is 111 Å². The minimum Gasteiger partial charge on any atom is -0.379 e. The minimum atomic E-state index is -0.231. The summed E-state index contributed by atoms with van der Waals surface area (Å²) in [4.78, 5) is 46.2. The molecule has 2 aromatic heterocycles. The summed E-state index contributed by atoms with van der Waals surface area (Å²) in [7, 11) is 0. The molecule has 0 bridgehead atoms. The summed E-state index contributed by atoms with van der Waals surface area (Å²) in [6, 6.07) is 27.0. The lowest BCUT2D eigenvalue weighted by Crippen LogP contribution is -2.31. The zero-order valence-electron chi connectivity index (χ0n) is 35.8. The fourth-order valence-corrected chi connectivity index (χ4v) is 7.42. The molecule has 0 radical (unpaired) electrons. The number of aromatic amines is 1. The van der Waals surface area contributed by atoms with Crippen molar-refractivity contribution in [3.8, 4) is 11.3 Å². The van der Waals surface area contributed by atoms with E-state index in [9.17, 15) is 14.4 Å². The number of fused-ring (bicyclic) bond motifs is 1. The third-order valence-corrected chi connectivity index (χ3v) is 10.7. The molecule has 328 valence electrons. The molecule has 1 aliphatic rings. The van der Waals surface area contributed by atoms with Crippen molar-refractivity contribution in [1.29, 1.82) is 0 Å². The van der Waals surface area contributed by atoms with Gasteiger partial charge in [0.05, 0.1) is 63.7 Å². The fraction of sp³-hybridized carbons (Fsp3) is 0.396. The molecular formula is C48H59N7O7. The first-order valence-electron chi connectivity index (χ1n) is 21.7. The average molecular weight is 846 g/mol. The number of hydrogen-bond donors (Lipinski definition) is 4. The number of rotatable bonds is 25. The van der Waals surface area contributed by atoms with Crippen LogP contribution in [0.15, 0.2) is 97.3 Å². The second-order valence-electron chi connectivity index (χ2n) is 14.9. The van der Waals surface area contributed by atoms with Crippen LogP contribution in [0.5, 0.6) is 0 Å². The van der Waals surface area contributed by atoms with Gasteiger partial charge >= 0.3 is 0 Å². The zero-order chi connectivity index (χ0) is 43.4. The second-order valence-corrected chi connectivity index (χ2v) is 14.9. The molecule has 0 aliphatic heterocycles. The van der Waals surface area contributed by atoms with E-state index in [1.807, 2.05) is 54.6 Å². The smallest absolute Gasteiger partial charge is 0.269 e. The number of nitrogens with one attached hydrogen (secondary N) is 4. The highest BCUT2D eigenvalue weighted by molar-refractivity contribution is 6.06. The molecule has 2 heterocycles. The van der Waals surface area contributed by atoms with Gasteiger partial charge in [-0.1, -0.05) is 36.4 Å². The Morgan fingerprint density at radius 1 is 0.742 bits per heavy atom. The Balaban J connectivity index is 0.931. The van der Waals surface area contributed by atoms with E-state index in [0.717, 1.165) is 62.0 Å². The number of H-pyrrole nitrogens is 1. The lowest BCUT2D eigenvalue weighted by molar-refractivity contribution is -0.00158. The maximum atomic E-state index is 13.8. The quantitative estimate of drug-likeness (QED) is 0.0459. The first kappa shape index (κ1) is 45.6. The highest BCUT2D eigenvalue weighted by atomic mass is 16.6. The van der Waals surface area contributed by atoms with Gasteiger partial charge < -0.3 is 39.8 Å². The van der Waals surface area contributed by atoms with Crippen LogP contribution in [0.4, 0.5) is 11.4 Å². The normalized spacial score (nSPS) is 13.3. The van der Waals surface area contributed by atoms with Crippen LogP contribution in [0.2, 0.25) is 0 Å². The largest absolute Gasteiger partial charge is 0.379 e. The van der Waals surface area contributed by atoms with E-state index in [-0.39, 0.29) is 23.8 Å². The van der Waals surface area contributed by atoms with Crippen LogP contribution in [-0.4, -0.2) is 105 Å². The van der Waals surface area contributed by atoms with Crippen LogP contribution in [0.3, 0.4) is 0 Å². The predicted molar refractivity (Wildman–Crippen MR) is 240 cm³/mol. The summed E-state index contributed by atoms with van der Waals surface area (Å²) >= 11 is 0. The topological polar surface area (TPSA) is 169 Å². The van der Waals surface area contributed by atoms with Crippen molar-refractivity contribution in [2.45, 2.75) is 52.0 Å². The van der Waals surface area contributed by atoms with Gasteiger partial charge in [-0.3, -0.25) is 24.5 Å². The molecule has 3 aromatic carbocycles. The van der Waals surface area contributed by atoms with Gasteiger partial charge in [0, 0.05) is 61.0 Å². The Morgan fingerprint density at radius 3 is 2.24 bits per heavy atom. The highest BCUT2D eigenvalue weighted by Crippen LogP contribution is 2.33. The molecule has 0 spiro atoms. The molecule has 0 saturated carbocycles. The Morgan fingerprint density at radius 2 is 1.48 bits per heavy atom. The summed E-state index contributed by atoms with van der Waals surface area (Å²) in [6.07, 6.45) is 7.67. The average Bonchev–Trinajstić information content (AvgIpc) is 3.86. The molecular weight excluding hydrogens is 787 g/mol. The van der Waals surface area contributed by atoms with Crippen molar-refractivity contribution in [3.05, 3.63) is 131 Å². The molecule has 0 saturated heterocycles. The Labute approximate surface area is 364 Å². The molecule has 1 unspecified atom stereocenters. The van der Waals surface area contributed by atoms with Crippen molar-refractivity contribution in [1.82, 2.24) is 25.8 Å². The number of aromatic nitrogens is 3. The summed E-state index contributed by atoms with van der Waals surface area (Å²) in [5.74, 6) is -0.603. The van der Waals surface area contributed by atoms with Crippen molar-refractivity contribution >= 4 is 29.1 Å². The van der Waals surface area contributed by atoms with Gasteiger partial charge in [-0.2, -0.15) is 5.10 Å². The summed E-state index contributed by atoms with van der Waals surface area (Å²) in [6.45, 7) is 9.92. The summed E-state index contributed by atoms with van der Waals surface area (Å²) < 4.78 is 22.4. The van der Waals surface area contributed by atoms with Crippen LogP contribution in [-0.2, 0) is 31.8 Å². The maximum Gasteiger partial charge on any atom is 0.269 e. The standard InChI is InChI=1S/C48H59N7O7/c1-3-55(4-2)39-17-18-43(41(34-39)45-33-38(19-21-49-45)47(57)52-42-16-8-13-36-12-5-6-15-40(36)42)53-46(56)37-14-7-10-35(32-37)11-9-24-59-26-28-61-30-31-62-29-27-60-25-23-50-48(58)44-20-22-51-54-44/h5-7,10,12,14-15,17-22,32-34,42H,3-4,8-9,11,13,16,23-31H2,1-2H3,(H,50,58)(H,51,54)(H,52,57)(H,53,56). The molecule has 4 N–H and O–H groups in total. The van der Waals surface area contributed by atoms with E-state index in [2.05, 4.69) is 63.1 Å². The van der Waals surface area contributed by atoms with Crippen LogP contribution in [0, 0.1) is 0 Å². The third kappa shape index (κ3) is 13.5. The zero-order valence-corrected chi connectivity index (χ0v) is 35.8. The maximum absolute atomic E-state index is 13.8. The number of benzene rings is 3. The van der Waals surface area contributed by atoms with Crippen LogP contribution < -0.4 is 20.9 Å². The van der Waals surface area contributed by atoms with E-state index in [0.29, 0.717) is 87.6 Å². The first-order chi connectivity index (χ1) is 30.4. The Kier molecular flexibility index (Phi) is 18.0.